The van der Waals surface area contributed by atoms with Crippen LogP contribution in [0, 0.1) is 0 Å². The molecule has 0 aromatic rings. The second kappa shape index (κ2) is 18.0. The molecule has 0 aliphatic carbocycles. The molecule has 0 saturated heterocycles. The lowest BCUT2D eigenvalue weighted by atomic mass is 10.1. The molecule has 0 aromatic carbocycles. The molecule has 0 rings (SSSR count). The van der Waals surface area contributed by atoms with E-state index in [4.69, 9.17) is 4.74 Å². The molecule has 3 heteroatoms. The minimum absolute atomic E-state index is 0.0881. The maximum Gasteiger partial charge on any atom is 0.330 e. The monoisotopic (exact) mass is 388 g/mol. The largest absolute Gasteiger partial charge is 0.459 e. The standard InChI is InChI=1S/C20H37BrO2/c1-3-5-6-7-8-9-10-14-17-20(22)23-19(4-2)16-13-11-12-15-18-21/h14,17,19H,3-13,15-16,18H2,1-2H3/b17-14+. The zero-order valence-electron chi connectivity index (χ0n) is 15.3. The summed E-state index contributed by atoms with van der Waals surface area (Å²) in [6.07, 6.45) is 19.2. The van der Waals surface area contributed by atoms with Gasteiger partial charge in [0.15, 0.2) is 0 Å². The van der Waals surface area contributed by atoms with Crippen molar-refractivity contribution in [3.63, 3.8) is 0 Å². The second-order valence-electron chi connectivity index (χ2n) is 6.32. The Balaban J connectivity index is 3.64. The summed E-state index contributed by atoms with van der Waals surface area (Å²) in [5.74, 6) is -0.164. The average molecular weight is 389 g/mol. The summed E-state index contributed by atoms with van der Waals surface area (Å²) >= 11 is 3.45. The molecule has 0 aromatic heterocycles. The van der Waals surface area contributed by atoms with E-state index in [-0.39, 0.29) is 12.1 Å². The van der Waals surface area contributed by atoms with Crippen molar-refractivity contribution >= 4 is 21.9 Å². The second-order valence-corrected chi connectivity index (χ2v) is 7.11. The smallest absolute Gasteiger partial charge is 0.330 e. The lowest BCUT2D eigenvalue weighted by Gasteiger charge is -2.14. The molecule has 0 fully saturated rings. The molecule has 0 aliphatic heterocycles. The van der Waals surface area contributed by atoms with Crippen LogP contribution in [0.3, 0.4) is 0 Å². The lowest BCUT2D eigenvalue weighted by Crippen LogP contribution is -2.15. The fraction of sp³-hybridized carbons (Fsp3) is 0.850. The number of carbonyl (C=O) groups is 1. The van der Waals surface area contributed by atoms with Crippen molar-refractivity contribution in [1.82, 2.24) is 0 Å². The van der Waals surface area contributed by atoms with Gasteiger partial charge in [0.2, 0.25) is 0 Å². The first-order valence-electron chi connectivity index (χ1n) is 9.67. The van der Waals surface area contributed by atoms with E-state index < -0.39 is 0 Å². The molecule has 2 nitrogen and oxygen atoms in total. The van der Waals surface area contributed by atoms with Crippen LogP contribution in [0.4, 0.5) is 0 Å². The minimum atomic E-state index is -0.164. The molecule has 0 saturated carbocycles. The predicted molar refractivity (Wildman–Crippen MR) is 104 cm³/mol. The third-order valence-corrected chi connectivity index (χ3v) is 4.69. The Bertz CT molecular complexity index is 289. The molecule has 0 bridgehead atoms. The topological polar surface area (TPSA) is 26.3 Å². The number of unbranched alkanes of at least 4 members (excludes halogenated alkanes) is 9. The van der Waals surface area contributed by atoms with Gasteiger partial charge in [-0.2, -0.15) is 0 Å². The third kappa shape index (κ3) is 16.3. The molecule has 0 amide bonds. The molecule has 0 radical (unpaired) electrons. The molecule has 136 valence electrons. The molecule has 23 heavy (non-hydrogen) atoms. The van der Waals surface area contributed by atoms with Crippen LogP contribution in [0.25, 0.3) is 0 Å². The van der Waals surface area contributed by atoms with Crippen molar-refractivity contribution in [2.24, 2.45) is 0 Å². The first-order chi connectivity index (χ1) is 11.2. The maximum atomic E-state index is 11.8. The van der Waals surface area contributed by atoms with Crippen molar-refractivity contribution in [3.8, 4) is 0 Å². The SMILES string of the molecule is CCCCCCCC/C=C/C(=O)OC(CC)CCCCCCBr. The van der Waals surface area contributed by atoms with Crippen molar-refractivity contribution < 1.29 is 9.53 Å². The Hall–Kier alpha value is -0.310. The molecule has 0 aliphatic rings. The molecule has 0 spiro atoms. The summed E-state index contributed by atoms with van der Waals surface area (Å²) in [5.41, 5.74) is 0. The first kappa shape index (κ1) is 22.7. The van der Waals surface area contributed by atoms with E-state index in [2.05, 4.69) is 29.8 Å². The van der Waals surface area contributed by atoms with Gasteiger partial charge in [-0.3, -0.25) is 0 Å². The first-order valence-corrected chi connectivity index (χ1v) is 10.8. The lowest BCUT2D eigenvalue weighted by molar-refractivity contribution is -0.143. The van der Waals surface area contributed by atoms with Gasteiger partial charge in [0.05, 0.1) is 0 Å². The number of esters is 1. The van der Waals surface area contributed by atoms with Crippen molar-refractivity contribution in [2.75, 3.05) is 5.33 Å². The summed E-state index contributed by atoms with van der Waals surface area (Å²) in [7, 11) is 0. The van der Waals surface area contributed by atoms with E-state index in [1.54, 1.807) is 6.08 Å². The highest BCUT2D eigenvalue weighted by Crippen LogP contribution is 2.12. The van der Waals surface area contributed by atoms with E-state index >= 15 is 0 Å². The van der Waals surface area contributed by atoms with E-state index in [1.165, 1.54) is 57.8 Å². The Morgan fingerprint density at radius 1 is 0.957 bits per heavy atom. The van der Waals surface area contributed by atoms with Gasteiger partial charge >= 0.3 is 5.97 Å². The number of hydrogen-bond donors (Lipinski definition) is 0. The molecular weight excluding hydrogens is 352 g/mol. The Labute approximate surface area is 152 Å². The van der Waals surface area contributed by atoms with Crippen LogP contribution in [0.5, 0.6) is 0 Å². The molecular formula is C20H37BrO2. The number of alkyl halides is 1. The number of halogens is 1. The highest BCUT2D eigenvalue weighted by molar-refractivity contribution is 9.09. The van der Waals surface area contributed by atoms with Crippen molar-refractivity contribution in [2.45, 2.75) is 103 Å². The van der Waals surface area contributed by atoms with Crippen LogP contribution < -0.4 is 0 Å². The zero-order chi connectivity index (χ0) is 17.2. The number of allylic oxidation sites excluding steroid dienone is 1. The van der Waals surface area contributed by atoms with Gasteiger partial charge in [0.25, 0.3) is 0 Å². The van der Waals surface area contributed by atoms with Gasteiger partial charge in [0, 0.05) is 11.4 Å². The van der Waals surface area contributed by atoms with Gasteiger partial charge < -0.3 is 4.74 Å². The summed E-state index contributed by atoms with van der Waals surface area (Å²) < 4.78 is 5.53. The van der Waals surface area contributed by atoms with Gasteiger partial charge in [-0.05, 0) is 38.5 Å². The van der Waals surface area contributed by atoms with Gasteiger partial charge in [0.1, 0.15) is 6.10 Å². The Morgan fingerprint density at radius 3 is 2.30 bits per heavy atom. The summed E-state index contributed by atoms with van der Waals surface area (Å²) in [6, 6.07) is 0. The average Bonchev–Trinajstić information content (AvgIpc) is 2.56. The van der Waals surface area contributed by atoms with Crippen LogP contribution in [0.2, 0.25) is 0 Å². The minimum Gasteiger partial charge on any atom is -0.459 e. The number of hydrogen-bond acceptors (Lipinski definition) is 2. The van der Waals surface area contributed by atoms with Crippen LogP contribution in [0.15, 0.2) is 12.2 Å². The fourth-order valence-electron chi connectivity index (χ4n) is 2.59. The molecule has 1 atom stereocenters. The maximum absolute atomic E-state index is 11.8. The van der Waals surface area contributed by atoms with Crippen LogP contribution in [-0.2, 0) is 9.53 Å². The number of carbonyl (C=O) groups excluding carboxylic acids is 1. The van der Waals surface area contributed by atoms with E-state index in [1.807, 2.05) is 6.08 Å². The van der Waals surface area contributed by atoms with Gasteiger partial charge in [-0.1, -0.05) is 80.8 Å². The quantitative estimate of drug-likeness (QED) is 0.123. The van der Waals surface area contributed by atoms with Crippen LogP contribution in [0.1, 0.15) is 97.3 Å². The third-order valence-electron chi connectivity index (χ3n) is 4.13. The van der Waals surface area contributed by atoms with Crippen LogP contribution >= 0.6 is 15.9 Å². The Kier molecular flexibility index (Phi) is 17.8. The van der Waals surface area contributed by atoms with Gasteiger partial charge in [-0.15, -0.1) is 0 Å². The number of ether oxygens (including phenoxy) is 1. The van der Waals surface area contributed by atoms with E-state index in [9.17, 15) is 4.79 Å². The van der Waals surface area contributed by atoms with Gasteiger partial charge in [-0.25, -0.2) is 4.79 Å². The van der Waals surface area contributed by atoms with Crippen molar-refractivity contribution in [3.05, 3.63) is 12.2 Å². The predicted octanol–water partition coefficient (Wildman–Crippen LogP) is 6.96. The molecule has 1 unspecified atom stereocenters. The zero-order valence-corrected chi connectivity index (χ0v) is 16.9. The number of rotatable bonds is 16. The van der Waals surface area contributed by atoms with E-state index in [0.29, 0.717) is 0 Å². The van der Waals surface area contributed by atoms with Crippen LogP contribution in [-0.4, -0.2) is 17.4 Å². The Morgan fingerprint density at radius 2 is 1.61 bits per heavy atom. The van der Waals surface area contributed by atoms with Crippen molar-refractivity contribution in [1.29, 1.82) is 0 Å². The molecule has 0 N–H and O–H groups in total. The highest BCUT2D eigenvalue weighted by Gasteiger charge is 2.09. The van der Waals surface area contributed by atoms with E-state index in [0.717, 1.165) is 31.0 Å². The summed E-state index contributed by atoms with van der Waals surface area (Å²) in [4.78, 5) is 11.8. The fourth-order valence-corrected chi connectivity index (χ4v) is 2.99. The normalized spacial score (nSPS) is 12.7. The highest BCUT2D eigenvalue weighted by atomic mass is 79.9. The summed E-state index contributed by atoms with van der Waals surface area (Å²) in [6.45, 7) is 4.33. The molecule has 0 heterocycles. The summed E-state index contributed by atoms with van der Waals surface area (Å²) in [5, 5.41) is 1.09.